The summed E-state index contributed by atoms with van der Waals surface area (Å²) >= 11 is 5.94. The molecule has 0 spiro atoms. The van der Waals surface area contributed by atoms with Gasteiger partial charge in [0.05, 0.1) is 23.4 Å². The largest absolute Gasteiger partial charge is 0.265 e. The van der Waals surface area contributed by atoms with E-state index in [9.17, 15) is 8.42 Å². The number of alkyl halides is 1. The van der Waals surface area contributed by atoms with Crippen molar-refractivity contribution < 1.29 is 8.42 Å². The van der Waals surface area contributed by atoms with E-state index in [1.165, 1.54) is 4.31 Å². The second-order valence-electron chi connectivity index (χ2n) is 5.45. The highest BCUT2D eigenvalue weighted by atomic mass is 35.5. The fraction of sp³-hybridized carbons (Fsp3) is 0.235. The molecule has 6 heteroatoms. The van der Waals surface area contributed by atoms with Crippen LogP contribution in [0.3, 0.4) is 0 Å². The molecule has 1 heterocycles. The van der Waals surface area contributed by atoms with Crippen LogP contribution in [-0.4, -0.2) is 31.0 Å². The molecule has 1 atom stereocenters. The zero-order valence-electron chi connectivity index (χ0n) is 12.7. The van der Waals surface area contributed by atoms with Crippen molar-refractivity contribution in [1.29, 1.82) is 0 Å². The summed E-state index contributed by atoms with van der Waals surface area (Å²) in [4.78, 5) is 4.76. The minimum absolute atomic E-state index is 0.0639. The summed E-state index contributed by atoms with van der Waals surface area (Å²) in [5.74, 6) is 0.454. The van der Waals surface area contributed by atoms with E-state index in [4.69, 9.17) is 11.6 Å². The molecule has 23 heavy (non-hydrogen) atoms. The highest BCUT2D eigenvalue weighted by Gasteiger charge is 2.35. The number of hydrogen-bond acceptors (Lipinski definition) is 3. The highest BCUT2D eigenvalue weighted by molar-refractivity contribution is 7.89. The summed E-state index contributed by atoms with van der Waals surface area (Å²) in [6.45, 7) is 2.20. The van der Waals surface area contributed by atoms with E-state index < -0.39 is 10.0 Å². The third kappa shape index (κ3) is 3.12. The Hall–Kier alpha value is -1.85. The Morgan fingerprint density at radius 3 is 2.39 bits per heavy atom. The molecule has 0 saturated carbocycles. The summed E-state index contributed by atoms with van der Waals surface area (Å²) in [6, 6.07) is 16.2. The highest BCUT2D eigenvalue weighted by Crippen LogP contribution is 2.29. The average Bonchev–Trinajstić information content (AvgIpc) is 3.01. The maximum absolute atomic E-state index is 12.9. The van der Waals surface area contributed by atoms with E-state index in [1.807, 2.05) is 37.3 Å². The summed E-state index contributed by atoms with van der Waals surface area (Å²) in [5.41, 5.74) is 2.00. The van der Waals surface area contributed by atoms with Gasteiger partial charge in [-0.25, -0.2) is 8.42 Å². The number of nitrogens with zero attached hydrogens (tertiary/aromatic N) is 2. The maximum atomic E-state index is 12.9. The van der Waals surface area contributed by atoms with Crippen molar-refractivity contribution >= 4 is 27.5 Å². The van der Waals surface area contributed by atoms with Gasteiger partial charge in [-0.05, 0) is 24.6 Å². The summed E-state index contributed by atoms with van der Waals surface area (Å²) < 4.78 is 27.1. The van der Waals surface area contributed by atoms with E-state index in [2.05, 4.69) is 4.99 Å². The number of amidine groups is 1. The van der Waals surface area contributed by atoms with Crippen molar-refractivity contribution in [3.8, 4) is 0 Å². The van der Waals surface area contributed by atoms with Crippen LogP contribution in [0.15, 0.2) is 64.5 Å². The van der Waals surface area contributed by atoms with Gasteiger partial charge in [-0.3, -0.25) is 9.30 Å². The molecular formula is C17H17ClN2O2S. The van der Waals surface area contributed by atoms with Crippen LogP contribution in [0.2, 0.25) is 0 Å². The first-order valence-corrected chi connectivity index (χ1v) is 9.27. The standard InChI is InChI=1S/C17H17ClN2O2S/c1-13-7-9-15(10-8-13)23(21,22)20-12-16(19-17(20)11-18)14-5-3-2-4-6-14/h2-10,16H,11-12H2,1H3. The molecular weight excluding hydrogens is 332 g/mol. The molecule has 0 N–H and O–H groups in total. The maximum Gasteiger partial charge on any atom is 0.265 e. The van der Waals surface area contributed by atoms with Gasteiger partial charge in [0.25, 0.3) is 10.0 Å². The van der Waals surface area contributed by atoms with Gasteiger partial charge in [-0.2, -0.15) is 0 Å². The second kappa shape index (κ2) is 6.34. The van der Waals surface area contributed by atoms with Crippen molar-refractivity contribution in [2.24, 2.45) is 4.99 Å². The molecule has 120 valence electrons. The van der Waals surface area contributed by atoms with Gasteiger partial charge in [0, 0.05) is 0 Å². The van der Waals surface area contributed by atoms with Crippen molar-refractivity contribution in [3.63, 3.8) is 0 Å². The quantitative estimate of drug-likeness (QED) is 0.795. The van der Waals surface area contributed by atoms with Crippen LogP contribution in [0.4, 0.5) is 0 Å². The molecule has 0 radical (unpaired) electrons. The van der Waals surface area contributed by atoms with Gasteiger partial charge < -0.3 is 0 Å². The first-order valence-electron chi connectivity index (χ1n) is 7.29. The molecule has 4 nitrogen and oxygen atoms in total. The van der Waals surface area contributed by atoms with Gasteiger partial charge in [0.2, 0.25) is 0 Å². The van der Waals surface area contributed by atoms with Gasteiger partial charge >= 0.3 is 0 Å². The van der Waals surface area contributed by atoms with Crippen molar-refractivity contribution in [3.05, 3.63) is 65.7 Å². The lowest BCUT2D eigenvalue weighted by Crippen LogP contribution is -2.35. The minimum atomic E-state index is -3.64. The zero-order chi connectivity index (χ0) is 16.4. The number of aliphatic imine (C=N–C) groups is 1. The Bertz CT molecular complexity index is 817. The van der Waals surface area contributed by atoms with Crippen LogP contribution >= 0.6 is 11.6 Å². The molecule has 1 aliphatic heterocycles. The number of benzene rings is 2. The zero-order valence-corrected chi connectivity index (χ0v) is 14.3. The molecule has 0 saturated heterocycles. The van der Waals surface area contributed by atoms with E-state index >= 15 is 0 Å². The SMILES string of the molecule is Cc1ccc(S(=O)(=O)N2CC(c3ccccc3)N=C2CCl)cc1. The van der Waals surface area contributed by atoms with Gasteiger partial charge in [0.1, 0.15) is 5.84 Å². The van der Waals surface area contributed by atoms with Crippen molar-refractivity contribution in [2.75, 3.05) is 12.4 Å². The summed E-state index contributed by atoms with van der Waals surface area (Å²) in [5, 5.41) is 0. The lowest BCUT2D eigenvalue weighted by atomic mass is 10.1. The molecule has 3 rings (SSSR count). The summed E-state index contributed by atoms with van der Waals surface area (Å²) in [7, 11) is -3.64. The third-order valence-electron chi connectivity index (χ3n) is 3.84. The number of aryl methyl sites for hydroxylation is 1. The monoisotopic (exact) mass is 348 g/mol. The molecule has 2 aromatic rings. The molecule has 0 fully saturated rings. The molecule has 1 aliphatic rings. The van der Waals surface area contributed by atoms with Crippen LogP contribution in [0.25, 0.3) is 0 Å². The first kappa shape index (κ1) is 16.0. The van der Waals surface area contributed by atoms with E-state index in [0.29, 0.717) is 5.84 Å². The van der Waals surface area contributed by atoms with E-state index in [-0.39, 0.29) is 23.4 Å². The number of halogens is 1. The Labute approximate surface area is 141 Å². The lowest BCUT2D eigenvalue weighted by Gasteiger charge is -2.20. The minimum Gasteiger partial charge on any atom is -0.260 e. The van der Waals surface area contributed by atoms with E-state index in [0.717, 1.165) is 11.1 Å². The Morgan fingerprint density at radius 2 is 1.78 bits per heavy atom. The smallest absolute Gasteiger partial charge is 0.260 e. The van der Waals surface area contributed by atoms with Gasteiger partial charge in [-0.15, -0.1) is 11.6 Å². The average molecular weight is 349 g/mol. The molecule has 0 aliphatic carbocycles. The lowest BCUT2D eigenvalue weighted by molar-refractivity contribution is 0.519. The fourth-order valence-electron chi connectivity index (χ4n) is 2.58. The summed E-state index contributed by atoms with van der Waals surface area (Å²) in [6.07, 6.45) is 0. The molecule has 0 aromatic heterocycles. The molecule has 1 unspecified atom stereocenters. The van der Waals surface area contributed by atoms with Crippen molar-refractivity contribution in [2.45, 2.75) is 17.9 Å². The van der Waals surface area contributed by atoms with Crippen molar-refractivity contribution in [1.82, 2.24) is 4.31 Å². The molecule has 2 aromatic carbocycles. The van der Waals surface area contributed by atoms with Crippen LogP contribution in [-0.2, 0) is 10.0 Å². The first-order chi connectivity index (χ1) is 11.0. The third-order valence-corrected chi connectivity index (χ3v) is 5.89. The van der Waals surface area contributed by atoms with Crippen LogP contribution < -0.4 is 0 Å². The van der Waals surface area contributed by atoms with Crippen LogP contribution in [0.5, 0.6) is 0 Å². The Morgan fingerprint density at radius 1 is 1.13 bits per heavy atom. The topological polar surface area (TPSA) is 49.7 Å². The van der Waals surface area contributed by atoms with Crippen LogP contribution in [0, 0.1) is 6.92 Å². The number of hydrogen-bond donors (Lipinski definition) is 0. The van der Waals surface area contributed by atoms with Crippen LogP contribution in [0.1, 0.15) is 17.2 Å². The van der Waals surface area contributed by atoms with Gasteiger partial charge in [-0.1, -0.05) is 48.0 Å². The second-order valence-corrected chi connectivity index (χ2v) is 7.58. The van der Waals surface area contributed by atoms with E-state index in [1.54, 1.807) is 24.3 Å². The normalized spacial score (nSPS) is 18.1. The fourth-order valence-corrected chi connectivity index (χ4v) is 4.32. The molecule has 0 bridgehead atoms. The van der Waals surface area contributed by atoms with Gasteiger partial charge in [0.15, 0.2) is 0 Å². The predicted octanol–water partition coefficient (Wildman–Crippen LogP) is 3.38. The Balaban J connectivity index is 1.94. The Kier molecular flexibility index (Phi) is 4.41. The molecule has 0 amide bonds. The number of rotatable bonds is 4. The predicted molar refractivity (Wildman–Crippen MR) is 92.4 cm³/mol. The number of sulfonamides is 1.